The first-order valence-electron chi connectivity index (χ1n) is 5.76. The lowest BCUT2D eigenvalue weighted by molar-refractivity contribution is 0.768. The number of pyridine rings is 1. The minimum absolute atomic E-state index is 0.366. The van der Waals surface area contributed by atoms with Crippen LogP contribution in [0.3, 0.4) is 0 Å². The van der Waals surface area contributed by atoms with E-state index in [1.54, 1.807) is 11.8 Å². The molecular weight excluding hydrogens is 230 g/mol. The van der Waals surface area contributed by atoms with Crippen LogP contribution in [-0.2, 0) is 0 Å². The normalized spacial score (nSPS) is 11.9. The predicted molar refractivity (Wildman–Crippen MR) is 74.5 cm³/mol. The smallest absolute Gasteiger partial charge is 0.144 e. The molecule has 1 heterocycles. The number of nitriles is 1. The zero-order valence-electron chi connectivity index (χ0n) is 10.9. The van der Waals surface area contributed by atoms with Gasteiger partial charge in [0.2, 0.25) is 0 Å². The summed E-state index contributed by atoms with van der Waals surface area (Å²) < 4.78 is 0. The molecule has 0 fully saturated rings. The molecule has 1 aromatic rings. The van der Waals surface area contributed by atoms with Crippen LogP contribution in [0.2, 0.25) is 0 Å². The molecule has 92 valence electrons. The minimum atomic E-state index is 0.366. The van der Waals surface area contributed by atoms with E-state index in [0.29, 0.717) is 11.6 Å². The Morgan fingerprint density at radius 3 is 2.76 bits per heavy atom. The Bertz CT molecular complexity index is 423. The van der Waals surface area contributed by atoms with Gasteiger partial charge in [0.15, 0.2) is 0 Å². The molecular formula is C13H19N3S. The first-order chi connectivity index (χ1) is 8.12. The van der Waals surface area contributed by atoms with Gasteiger partial charge in [-0.2, -0.15) is 17.0 Å². The van der Waals surface area contributed by atoms with Crippen molar-refractivity contribution in [2.24, 2.45) is 0 Å². The quantitative estimate of drug-likeness (QED) is 0.871. The molecule has 0 saturated heterocycles. The molecule has 0 spiro atoms. The summed E-state index contributed by atoms with van der Waals surface area (Å²) in [6.45, 7) is 6.05. The lowest BCUT2D eigenvalue weighted by Crippen LogP contribution is -2.22. The van der Waals surface area contributed by atoms with Gasteiger partial charge in [-0.15, -0.1) is 0 Å². The zero-order chi connectivity index (χ0) is 12.8. The van der Waals surface area contributed by atoms with Gasteiger partial charge in [0.05, 0.1) is 5.56 Å². The molecule has 1 rings (SSSR count). The highest BCUT2D eigenvalue weighted by atomic mass is 32.2. The first-order valence-corrected chi connectivity index (χ1v) is 7.15. The second-order valence-electron chi connectivity index (χ2n) is 4.12. The average molecular weight is 249 g/mol. The van der Waals surface area contributed by atoms with E-state index in [2.05, 4.69) is 29.5 Å². The van der Waals surface area contributed by atoms with Gasteiger partial charge in [-0.3, -0.25) is 0 Å². The molecule has 4 heteroatoms. The van der Waals surface area contributed by atoms with E-state index in [4.69, 9.17) is 0 Å². The highest BCUT2D eigenvalue weighted by molar-refractivity contribution is 7.98. The Morgan fingerprint density at radius 2 is 2.24 bits per heavy atom. The third kappa shape index (κ3) is 3.64. The average Bonchev–Trinajstić information content (AvgIpc) is 2.28. The molecule has 1 atom stereocenters. The van der Waals surface area contributed by atoms with Crippen LogP contribution < -0.4 is 5.32 Å². The Balaban J connectivity index is 3.00. The fourth-order valence-electron chi connectivity index (χ4n) is 1.74. The van der Waals surface area contributed by atoms with Crippen molar-refractivity contribution >= 4 is 17.6 Å². The van der Waals surface area contributed by atoms with Gasteiger partial charge in [0.25, 0.3) is 0 Å². The minimum Gasteiger partial charge on any atom is -0.365 e. The van der Waals surface area contributed by atoms with Crippen molar-refractivity contribution in [2.75, 3.05) is 17.3 Å². The molecule has 1 aromatic heterocycles. The van der Waals surface area contributed by atoms with E-state index < -0.39 is 0 Å². The van der Waals surface area contributed by atoms with Crippen molar-refractivity contribution in [3.05, 3.63) is 22.9 Å². The third-order valence-electron chi connectivity index (χ3n) is 2.66. The molecule has 0 amide bonds. The second-order valence-corrected chi connectivity index (χ2v) is 5.03. The van der Waals surface area contributed by atoms with E-state index in [1.165, 1.54) is 0 Å². The van der Waals surface area contributed by atoms with Crippen molar-refractivity contribution in [3.63, 3.8) is 0 Å². The topological polar surface area (TPSA) is 48.7 Å². The number of aryl methyl sites for hydroxylation is 2. The monoisotopic (exact) mass is 249 g/mol. The van der Waals surface area contributed by atoms with Crippen LogP contribution in [-0.4, -0.2) is 23.0 Å². The van der Waals surface area contributed by atoms with E-state index in [-0.39, 0.29) is 0 Å². The summed E-state index contributed by atoms with van der Waals surface area (Å²) in [5.41, 5.74) is 2.60. The Hall–Kier alpha value is -1.21. The number of rotatable bonds is 5. The van der Waals surface area contributed by atoms with Crippen molar-refractivity contribution in [2.45, 2.75) is 33.2 Å². The Labute approximate surface area is 108 Å². The van der Waals surface area contributed by atoms with Gasteiger partial charge in [0, 0.05) is 17.5 Å². The zero-order valence-corrected chi connectivity index (χ0v) is 11.7. The predicted octanol–water partition coefficient (Wildman–Crippen LogP) is 3.12. The van der Waals surface area contributed by atoms with Gasteiger partial charge in [0.1, 0.15) is 11.9 Å². The summed E-state index contributed by atoms with van der Waals surface area (Å²) in [7, 11) is 0. The van der Waals surface area contributed by atoms with Crippen molar-refractivity contribution in [1.82, 2.24) is 4.98 Å². The summed E-state index contributed by atoms with van der Waals surface area (Å²) in [4.78, 5) is 4.43. The maximum atomic E-state index is 9.17. The molecule has 0 radical (unpaired) electrons. The van der Waals surface area contributed by atoms with Crippen LogP contribution in [0.4, 0.5) is 5.82 Å². The highest BCUT2D eigenvalue weighted by Crippen LogP contribution is 2.19. The summed E-state index contributed by atoms with van der Waals surface area (Å²) in [5.74, 6) is 1.75. The molecule has 0 bridgehead atoms. The molecule has 1 unspecified atom stereocenters. The number of hydrogen-bond donors (Lipinski definition) is 1. The van der Waals surface area contributed by atoms with Crippen molar-refractivity contribution in [3.8, 4) is 6.07 Å². The molecule has 1 N–H and O–H groups in total. The van der Waals surface area contributed by atoms with E-state index in [1.807, 2.05) is 19.9 Å². The SMILES string of the molecule is CCC(CSC)Nc1nc(C)cc(C)c1C#N. The number of aromatic nitrogens is 1. The first kappa shape index (κ1) is 13.9. The van der Waals surface area contributed by atoms with Crippen LogP contribution in [0.25, 0.3) is 0 Å². The summed E-state index contributed by atoms with van der Waals surface area (Å²) in [5, 5.41) is 12.5. The molecule has 0 aliphatic carbocycles. The molecule has 17 heavy (non-hydrogen) atoms. The van der Waals surface area contributed by atoms with Crippen LogP contribution in [0.15, 0.2) is 6.07 Å². The van der Waals surface area contributed by atoms with Crippen LogP contribution in [0, 0.1) is 25.2 Å². The number of nitrogens with one attached hydrogen (secondary N) is 1. The lowest BCUT2D eigenvalue weighted by Gasteiger charge is -2.18. The van der Waals surface area contributed by atoms with E-state index >= 15 is 0 Å². The van der Waals surface area contributed by atoms with Gasteiger partial charge in [-0.25, -0.2) is 4.98 Å². The summed E-state index contributed by atoms with van der Waals surface area (Å²) >= 11 is 1.80. The van der Waals surface area contributed by atoms with Crippen LogP contribution in [0.5, 0.6) is 0 Å². The molecule has 0 aliphatic rings. The molecule has 3 nitrogen and oxygen atoms in total. The van der Waals surface area contributed by atoms with Crippen LogP contribution >= 0.6 is 11.8 Å². The highest BCUT2D eigenvalue weighted by Gasteiger charge is 2.12. The lowest BCUT2D eigenvalue weighted by atomic mass is 10.1. The maximum Gasteiger partial charge on any atom is 0.144 e. The fourth-order valence-corrected chi connectivity index (χ4v) is 2.46. The molecule has 0 aromatic carbocycles. The standard InChI is InChI=1S/C13H19N3S/c1-5-11(8-17-4)16-13-12(7-14)9(2)6-10(3)15-13/h6,11H,5,8H2,1-4H3,(H,15,16). The maximum absolute atomic E-state index is 9.17. The summed E-state index contributed by atoms with van der Waals surface area (Å²) in [6, 6.07) is 4.54. The molecule has 0 aliphatic heterocycles. The number of nitrogens with zero attached hydrogens (tertiary/aromatic N) is 2. The third-order valence-corrected chi connectivity index (χ3v) is 3.39. The van der Waals surface area contributed by atoms with Gasteiger partial charge in [-0.05, 0) is 38.2 Å². The largest absolute Gasteiger partial charge is 0.365 e. The number of hydrogen-bond acceptors (Lipinski definition) is 4. The summed E-state index contributed by atoms with van der Waals surface area (Å²) in [6.07, 6.45) is 3.12. The second kappa shape index (κ2) is 6.51. The van der Waals surface area contributed by atoms with E-state index in [0.717, 1.165) is 29.2 Å². The fraction of sp³-hybridized carbons (Fsp3) is 0.538. The van der Waals surface area contributed by atoms with Gasteiger partial charge >= 0.3 is 0 Å². The number of thioether (sulfide) groups is 1. The van der Waals surface area contributed by atoms with Crippen LogP contribution in [0.1, 0.15) is 30.2 Å². The van der Waals surface area contributed by atoms with E-state index in [9.17, 15) is 5.26 Å². The Kier molecular flexibility index (Phi) is 5.30. The Morgan fingerprint density at radius 1 is 1.53 bits per heavy atom. The van der Waals surface area contributed by atoms with Crippen molar-refractivity contribution < 1.29 is 0 Å². The molecule has 0 saturated carbocycles. The van der Waals surface area contributed by atoms with Crippen molar-refractivity contribution in [1.29, 1.82) is 5.26 Å². The van der Waals surface area contributed by atoms with Gasteiger partial charge < -0.3 is 5.32 Å². The van der Waals surface area contributed by atoms with Gasteiger partial charge in [-0.1, -0.05) is 6.92 Å². The number of anilines is 1.